The first-order valence-electron chi connectivity index (χ1n) is 3.32. The maximum absolute atomic E-state index is 8.54. The molecule has 0 fully saturated rings. The first-order valence-corrected chi connectivity index (χ1v) is 3.72. The molecule has 0 aromatic rings. The highest BCUT2D eigenvalue weighted by Crippen LogP contribution is 2.04. The lowest BCUT2D eigenvalue weighted by molar-refractivity contribution is 0.889. The molecular weight excluding hydrogens is 158 g/mol. The maximum Gasteiger partial charge on any atom is 0.116 e. The molecule has 0 spiro atoms. The lowest BCUT2D eigenvalue weighted by Gasteiger charge is -2.00. The molecule has 60 valence electrons. The van der Waals surface area contributed by atoms with Gasteiger partial charge in [0.2, 0.25) is 0 Å². The Bertz CT molecular complexity index is 224. The molecule has 0 bridgehead atoms. The average Bonchev–Trinajstić information content (AvgIpc) is 1.88. The van der Waals surface area contributed by atoms with Crippen LogP contribution in [0.2, 0.25) is 0 Å². The number of hydrogen-bond donors (Lipinski definition) is 2. The molecule has 0 amide bonds. The van der Waals surface area contributed by atoms with Gasteiger partial charge >= 0.3 is 0 Å². The molecule has 4 N–H and O–H groups in total. The fourth-order valence-electron chi connectivity index (χ4n) is 0.679. The van der Waals surface area contributed by atoms with E-state index in [1.807, 2.05) is 13.0 Å². The molecule has 0 saturated heterocycles. The van der Waals surface area contributed by atoms with Crippen molar-refractivity contribution in [2.45, 2.75) is 19.8 Å². The zero-order chi connectivity index (χ0) is 8.85. The number of rotatable bonds is 3. The highest BCUT2D eigenvalue weighted by molar-refractivity contribution is 7.80. The summed E-state index contributed by atoms with van der Waals surface area (Å²) in [5.74, 6) is 0. The molecule has 4 heteroatoms. The fourth-order valence-corrected chi connectivity index (χ4v) is 0.856. The van der Waals surface area contributed by atoms with Gasteiger partial charge in [-0.1, -0.05) is 25.6 Å². The molecule has 11 heavy (non-hydrogen) atoms. The van der Waals surface area contributed by atoms with E-state index in [0.717, 1.165) is 6.42 Å². The Balaban J connectivity index is 4.58. The summed E-state index contributed by atoms with van der Waals surface area (Å²) >= 11 is 4.62. The fraction of sp³-hybridized carbons (Fsp3) is 0.429. The molecule has 0 rings (SSSR count). The minimum absolute atomic E-state index is 0.0819. The summed E-state index contributed by atoms with van der Waals surface area (Å²) in [5, 5.41) is 8.54. The molecule has 0 saturated carbocycles. The third-order valence-electron chi connectivity index (χ3n) is 1.20. The van der Waals surface area contributed by atoms with Crippen molar-refractivity contribution >= 4 is 17.2 Å². The van der Waals surface area contributed by atoms with E-state index < -0.39 is 0 Å². The molecule has 0 heterocycles. The minimum atomic E-state index is 0.0819. The van der Waals surface area contributed by atoms with Crippen LogP contribution in [0.5, 0.6) is 0 Å². The van der Waals surface area contributed by atoms with E-state index in [1.165, 1.54) is 0 Å². The maximum atomic E-state index is 8.54. The third kappa shape index (κ3) is 3.01. The van der Waals surface area contributed by atoms with E-state index in [-0.39, 0.29) is 10.6 Å². The van der Waals surface area contributed by atoms with Crippen molar-refractivity contribution in [2.24, 2.45) is 11.5 Å². The van der Waals surface area contributed by atoms with Gasteiger partial charge in [0.15, 0.2) is 0 Å². The van der Waals surface area contributed by atoms with Crippen molar-refractivity contribution in [3.63, 3.8) is 0 Å². The molecule has 0 radical (unpaired) electrons. The Morgan fingerprint density at radius 2 is 2.09 bits per heavy atom. The number of nitrogens with zero attached hydrogens (tertiary/aromatic N) is 1. The molecule has 0 atom stereocenters. The summed E-state index contributed by atoms with van der Waals surface area (Å²) in [4.78, 5) is 0.0819. The van der Waals surface area contributed by atoms with Crippen LogP contribution in [-0.4, -0.2) is 4.99 Å². The normalized spacial score (nSPS) is 11.6. The Morgan fingerprint density at radius 3 is 2.36 bits per heavy atom. The molecular formula is C7H11N3S. The van der Waals surface area contributed by atoms with Crippen LogP contribution in [0.15, 0.2) is 11.3 Å². The van der Waals surface area contributed by atoms with Gasteiger partial charge < -0.3 is 11.5 Å². The monoisotopic (exact) mass is 169 g/mol. The minimum Gasteiger partial charge on any atom is -0.401 e. The third-order valence-corrected chi connectivity index (χ3v) is 1.40. The zero-order valence-electron chi connectivity index (χ0n) is 6.42. The summed E-state index contributed by atoms with van der Waals surface area (Å²) in [6, 6.07) is 1.87. The first-order chi connectivity index (χ1) is 5.13. The van der Waals surface area contributed by atoms with Gasteiger partial charge in [-0.25, -0.2) is 0 Å². The van der Waals surface area contributed by atoms with Crippen molar-refractivity contribution < 1.29 is 0 Å². The van der Waals surface area contributed by atoms with Gasteiger partial charge in [0.25, 0.3) is 0 Å². The van der Waals surface area contributed by atoms with Crippen molar-refractivity contribution in [3.8, 4) is 6.07 Å². The van der Waals surface area contributed by atoms with E-state index in [0.29, 0.717) is 12.1 Å². The molecule has 0 aliphatic carbocycles. The molecule has 0 unspecified atom stereocenters. The van der Waals surface area contributed by atoms with Crippen LogP contribution in [0.4, 0.5) is 0 Å². The van der Waals surface area contributed by atoms with Crippen LogP contribution in [-0.2, 0) is 0 Å². The van der Waals surface area contributed by atoms with Crippen molar-refractivity contribution in [1.29, 1.82) is 5.26 Å². The molecule has 0 aliphatic rings. The van der Waals surface area contributed by atoms with E-state index >= 15 is 0 Å². The second kappa shape index (κ2) is 4.69. The quantitative estimate of drug-likeness (QED) is 0.372. The molecule has 0 aliphatic heterocycles. The van der Waals surface area contributed by atoms with Gasteiger partial charge in [-0.3, -0.25) is 0 Å². The highest BCUT2D eigenvalue weighted by atomic mass is 32.1. The van der Waals surface area contributed by atoms with E-state index in [4.69, 9.17) is 16.7 Å². The number of nitrogens with two attached hydrogens (primary N) is 2. The summed E-state index contributed by atoms with van der Waals surface area (Å²) < 4.78 is 0. The number of thiocarbonyl (C=S) groups is 1. The Labute approximate surface area is 71.7 Å². The van der Waals surface area contributed by atoms with Crippen molar-refractivity contribution in [2.75, 3.05) is 0 Å². The van der Waals surface area contributed by atoms with Crippen molar-refractivity contribution in [1.82, 2.24) is 0 Å². The number of hydrogen-bond acceptors (Lipinski definition) is 3. The van der Waals surface area contributed by atoms with Gasteiger partial charge in [-0.15, -0.1) is 0 Å². The summed E-state index contributed by atoms with van der Waals surface area (Å²) in [6.45, 7) is 1.97. The zero-order valence-corrected chi connectivity index (χ0v) is 7.24. The number of nitriles is 1. The lowest BCUT2D eigenvalue weighted by Crippen LogP contribution is -2.15. The highest BCUT2D eigenvalue weighted by Gasteiger charge is 2.03. The smallest absolute Gasteiger partial charge is 0.116 e. The lowest BCUT2D eigenvalue weighted by atomic mass is 10.1. The second-order valence-electron chi connectivity index (χ2n) is 2.13. The number of allylic oxidation sites excluding steroid dienone is 1. The van der Waals surface area contributed by atoms with E-state index in [1.54, 1.807) is 0 Å². The van der Waals surface area contributed by atoms with Crippen LogP contribution in [0.3, 0.4) is 0 Å². The van der Waals surface area contributed by atoms with Crippen LogP contribution in [0.25, 0.3) is 0 Å². The summed E-state index contributed by atoms with van der Waals surface area (Å²) in [5.41, 5.74) is 11.5. The molecule has 3 nitrogen and oxygen atoms in total. The Hall–Kier alpha value is -1.08. The summed E-state index contributed by atoms with van der Waals surface area (Å²) in [6.07, 6.45) is 1.56. The van der Waals surface area contributed by atoms with Crippen LogP contribution >= 0.6 is 12.2 Å². The second-order valence-corrected chi connectivity index (χ2v) is 2.57. The van der Waals surface area contributed by atoms with Gasteiger partial charge in [-0.05, 0) is 6.42 Å². The van der Waals surface area contributed by atoms with Crippen molar-refractivity contribution in [3.05, 3.63) is 11.3 Å². The SMILES string of the molecule is CCC/C(N)=C(\C#N)C(N)=S. The average molecular weight is 169 g/mol. The topological polar surface area (TPSA) is 75.8 Å². The first kappa shape index (κ1) is 9.92. The van der Waals surface area contributed by atoms with Crippen LogP contribution < -0.4 is 11.5 Å². The standard InChI is InChI=1S/C7H11N3S/c1-2-3-6(9)5(4-8)7(10)11/h2-3,9H2,1H3,(H2,10,11)/b6-5-. The van der Waals surface area contributed by atoms with E-state index in [9.17, 15) is 0 Å². The predicted octanol–water partition coefficient (Wildman–Crippen LogP) is 0.809. The Morgan fingerprint density at radius 1 is 1.55 bits per heavy atom. The summed E-state index contributed by atoms with van der Waals surface area (Å²) in [7, 11) is 0. The van der Waals surface area contributed by atoms with Gasteiger partial charge in [0, 0.05) is 5.70 Å². The van der Waals surface area contributed by atoms with Gasteiger partial charge in [0.1, 0.15) is 16.6 Å². The van der Waals surface area contributed by atoms with Crippen LogP contribution in [0, 0.1) is 11.3 Å². The largest absolute Gasteiger partial charge is 0.401 e. The Kier molecular flexibility index (Phi) is 4.23. The van der Waals surface area contributed by atoms with E-state index in [2.05, 4.69) is 12.2 Å². The van der Waals surface area contributed by atoms with Gasteiger partial charge in [-0.2, -0.15) is 5.26 Å². The molecule has 0 aromatic carbocycles. The van der Waals surface area contributed by atoms with Gasteiger partial charge in [0.05, 0.1) is 0 Å². The molecule has 0 aromatic heterocycles. The predicted molar refractivity (Wildman–Crippen MR) is 48.5 cm³/mol. The van der Waals surface area contributed by atoms with Crippen LogP contribution in [0.1, 0.15) is 19.8 Å².